The zero-order valence-electron chi connectivity index (χ0n) is 15.8. The summed E-state index contributed by atoms with van der Waals surface area (Å²) in [4.78, 5) is 24.9. The molecule has 1 aromatic carbocycles. The average molecular weight is 369 g/mol. The Hall–Kier alpha value is -2.60. The van der Waals surface area contributed by atoms with Gasteiger partial charge >= 0.3 is 5.63 Å². The number of hydrogen-bond acceptors (Lipinski definition) is 5. The third-order valence-electron chi connectivity index (χ3n) is 5.42. The highest BCUT2D eigenvalue weighted by Crippen LogP contribution is 2.32. The van der Waals surface area contributed by atoms with Crippen LogP contribution in [0.1, 0.15) is 35.1 Å². The van der Waals surface area contributed by atoms with Crippen LogP contribution in [-0.4, -0.2) is 25.2 Å². The molecule has 1 saturated heterocycles. The fourth-order valence-electron chi connectivity index (χ4n) is 3.78. The molecule has 6 nitrogen and oxygen atoms in total. The lowest BCUT2D eigenvalue weighted by Crippen LogP contribution is -2.34. The summed E-state index contributed by atoms with van der Waals surface area (Å²) in [7, 11) is 0. The van der Waals surface area contributed by atoms with E-state index in [-0.39, 0.29) is 18.4 Å². The van der Waals surface area contributed by atoms with E-state index in [1.807, 2.05) is 26.8 Å². The van der Waals surface area contributed by atoms with Crippen LogP contribution in [0.5, 0.6) is 0 Å². The van der Waals surface area contributed by atoms with E-state index in [9.17, 15) is 9.59 Å². The average Bonchev–Trinajstić information content (AvgIpc) is 3.28. The molecular formula is C21H23NO5. The van der Waals surface area contributed by atoms with Crippen LogP contribution in [0, 0.1) is 20.8 Å². The van der Waals surface area contributed by atoms with Crippen molar-refractivity contribution in [3.8, 4) is 0 Å². The number of benzene rings is 1. The van der Waals surface area contributed by atoms with E-state index in [1.165, 1.54) is 0 Å². The number of carbonyl (C=O) groups excluding carboxylic acids is 1. The smallest absolute Gasteiger partial charge is 0.340 e. The van der Waals surface area contributed by atoms with Gasteiger partial charge in [-0.3, -0.25) is 4.79 Å². The topological polar surface area (TPSA) is 81.7 Å². The molecule has 1 amide bonds. The number of fused-ring (bicyclic) bond motifs is 2. The minimum atomic E-state index is -0.474. The Morgan fingerprint density at radius 1 is 1.19 bits per heavy atom. The Bertz CT molecular complexity index is 1090. The largest absolute Gasteiger partial charge is 0.464 e. The van der Waals surface area contributed by atoms with Gasteiger partial charge in [0.1, 0.15) is 11.2 Å². The summed E-state index contributed by atoms with van der Waals surface area (Å²) in [5.41, 5.74) is 3.76. The van der Waals surface area contributed by atoms with E-state index in [0.717, 1.165) is 52.5 Å². The number of carbonyl (C=O) groups is 1. The van der Waals surface area contributed by atoms with Gasteiger partial charge in [0, 0.05) is 29.5 Å². The SMILES string of the molecule is Cc1coc2c(C)c3oc(=O)c(CC(=O)NC[C@H]4CCCO4)c(C)c3cc12. The molecule has 0 saturated carbocycles. The fourth-order valence-corrected chi connectivity index (χ4v) is 3.78. The second kappa shape index (κ2) is 6.85. The van der Waals surface area contributed by atoms with Crippen molar-refractivity contribution in [1.82, 2.24) is 5.32 Å². The van der Waals surface area contributed by atoms with Crippen LogP contribution in [0.25, 0.3) is 21.9 Å². The van der Waals surface area contributed by atoms with Gasteiger partial charge in [0.15, 0.2) is 0 Å². The van der Waals surface area contributed by atoms with Gasteiger partial charge in [-0.2, -0.15) is 0 Å². The molecule has 3 heterocycles. The molecule has 2 aromatic heterocycles. The molecule has 142 valence electrons. The molecule has 0 bridgehead atoms. The van der Waals surface area contributed by atoms with Crippen LogP contribution >= 0.6 is 0 Å². The zero-order valence-corrected chi connectivity index (χ0v) is 15.8. The predicted molar refractivity (Wildman–Crippen MR) is 102 cm³/mol. The molecular weight excluding hydrogens is 346 g/mol. The number of nitrogens with one attached hydrogen (secondary N) is 1. The molecule has 0 spiro atoms. The summed E-state index contributed by atoms with van der Waals surface area (Å²) >= 11 is 0. The maximum Gasteiger partial charge on any atom is 0.340 e. The Balaban J connectivity index is 1.68. The monoisotopic (exact) mass is 369 g/mol. The minimum absolute atomic E-state index is 0.00171. The first kappa shape index (κ1) is 17.8. The summed E-state index contributed by atoms with van der Waals surface area (Å²) in [6, 6.07) is 1.97. The van der Waals surface area contributed by atoms with Gasteiger partial charge in [-0.05, 0) is 50.8 Å². The van der Waals surface area contributed by atoms with Gasteiger partial charge in [0.2, 0.25) is 5.91 Å². The van der Waals surface area contributed by atoms with Crippen LogP contribution in [0.4, 0.5) is 0 Å². The highest BCUT2D eigenvalue weighted by molar-refractivity contribution is 6.00. The Morgan fingerprint density at radius 3 is 2.74 bits per heavy atom. The zero-order chi connectivity index (χ0) is 19.1. The quantitative estimate of drug-likeness (QED) is 0.714. The fraction of sp³-hybridized carbons (Fsp3) is 0.429. The molecule has 1 atom stereocenters. The van der Waals surface area contributed by atoms with Crippen molar-refractivity contribution in [1.29, 1.82) is 0 Å². The van der Waals surface area contributed by atoms with E-state index in [1.54, 1.807) is 6.26 Å². The van der Waals surface area contributed by atoms with Gasteiger partial charge in [0.05, 0.1) is 24.4 Å². The Morgan fingerprint density at radius 2 is 2.00 bits per heavy atom. The number of rotatable bonds is 4. The van der Waals surface area contributed by atoms with Crippen LogP contribution in [-0.2, 0) is 16.0 Å². The van der Waals surface area contributed by atoms with E-state index < -0.39 is 5.63 Å². The molecule has 1 N–H and O–H groups in total. The molecule has 1 aliphatic heterocycles. The van der Waals surface area contributed by atoms with Crippen LogP contribution in [0.3, 0.4) is 0 Å². The summed E-state index contributed by atoms with van der Waals surface area (Å²) in [5, 5.41) is 4.69. The third kappa shape index (κ3) is 3.14. The van der Waals surface area contributed by atoms with E-state index >= 15 is 0 Å². The van der Waals surface area contributed by atoms with E-state index in [4.69, 9.17) is 13.6 Å². The number of furan rings is 1. The molecule has 27 heavy (non-hydrogen) atoms. The van der Waals surface area contributed by atoms with Crippen LogP contribution in [0.15, 0.2) is 26.0 Å². The summed E-state index contributed by atoms with van der Waals surface area (Å²) in [5.74, 6) is -0.197. The maximum atomic E-state index is 12.5. The van der Waals surface area contributed by atoms with Crippen LogP contribution < -0.4 is 10.9 Å². The number of hydrogen-bond donors (Lipinski definition) is 1. The molecule has 0 aliphatic carbocycles. The first-order chi connectivity index (χ1) is 13.0. The van der Waals surface area contributed by atoms with Crippen LogP contribution in [0.2, 0.25) is 0 Å². The molecule has 6 heteroatoms. The van der Waals surface area contributed by atoms with E-state index in [0.29, 0.717) is 17.7 Å². The normalized spacial score (nSPS) is 17.1. The standard InChI is InChI=1S/C21H23NO5/c1-11-10-26-19-13(3)20-16(7-15(11)19)12(2)17(21(24)27-20)8-18(23)22-9-14-5-4-6-25-14/h7,10,14H,4-6,8-9H2,1-3H3,(H,22,23)/t14-/m1/s1. The molecule has 1 aliphatic rings. The lowest BCUT2D eigenvalue weighted by Gasteiger charge is -2.12. The van der Waals surface area contributed by atoms with Crippen molar-refractivity contribution in [3.05, 3.63) is 45.0 Å². The predicted octanol–water partition coefficient (Wildman–Crippen LogP) is 3.30. The molecule has 1 fully saturated rings. The van der Waals surface area contributed by atoms with Crippen molar-refractivity contribution >= 4 is 27.8 Å². The Labute approximate surface area is 156 Å². The van der Waals surface area contributed by atoms with Crippen molar-refractivity contribution < 1.29 is 18.4 Å². The third-order valence-corrected chi connectivity index (χ3v) is 5.42. The number of aryl methyl sites for hydroxylation is 3. The number of amides is 1. The summed E-state index contributed by atoms with van der Waals surface area (Å²) in [6.07, 6.45) is 3.75. The first-order valence-electron chi connectivity index (χ1n) is 9.27. The van der Waals surface area contributed by atoms with Gasteiger partial charge in [-0.15, -0.1) is 0 Å². The van der Waals surface area contributed by atoms with Gasteiger partial charge in [-0.25, -0.2) is 4.79 Å². The lowest BCUT2D eigenvalue weighted by atomic mass is 9.99. The number of ether oxygens (including phenoxy) is 1. The summed E-state index contributed by atoms with van der Waals surface area (Å²) < 4.78 is 16.7. The molecule has 3 aromatic rings. The second-order valence-corrected chi connectivity index (χ2v) is 7.28. The van der Waals surface area contributed by atoms with Gasteiger partial charge in [-0.1, -0.05) is 0 Å². The molecule has 0 radical (unpaired) electrons. The van der Waals surface area contributed by atoms with Gasteiger partial charge < -0.3 is 18.9 Å². The lowest BCUT2D eigenvalue weighted by molar-refractivity contribution is -0.121. The van der Waals surface area contributed by atoms with E-state index in [2.05, 4.69) is 5.32 Å². The van der Waals surface area contributed by atoms with Gasteiger partial charge in [0.25, 0.3) is 0 Å². The summed E-state index contributed by atoms with van der Waals surface area (Å²) in [6.45, 7) is 6.94. The van der Waals surface area contributed by atoms with Crippen molar-refractivity contribution in [3.63, 3.8) is 0 Å². The molecule has 4 rings (SSSR count). The highest BCUT2D eigenvalue weighted by Gasteiger charge is 2.20. The Kier molecular flexibility index (Phi) is 4.52. The second-order valence-electron chi connectivity index (χ2n) is 7.28. The minimum Gasteiger partial charge on any atom is -0.464 e. The molecule has 0 unspecified atom stereocenters. The van der Waals surface area contributed by atoms with Crippen molar-refractivity contribution in [2.45, 2.75) is 46.1 Å². The first-order valence-corrected chi connectivity index (χ1v) is 9.27. The van der Waals surface area contributed by atoms with Crippen molar-refractivity contribution in [2.24, 2.45) is 0 Å². The maximum absolute atomic E-state index is 12.5. The van der Waals surface area contributed by atoms with Crippen molar-refractivity contribution in [2.75, 3.05) is 13.2 Å². The highest BCUT2D eigenvalue weighted by atomic mass is 16.5.